The van der Waals surface area contributed by atoms with E-state index in [9.17, 15) is 8.42 Å². The summed E-state index contributed by atoms with van der Waals surface area (Å²) in [5.74, 6) is 0.776. The normalized spacial score (nSPS) is 17.7. The van der Waals surface area contributed by atoms with Gasteiger partial charge in [-0.25, -0.2) is 27.8 Å². The van der Waals surface area contributed by atoms with Crippen molar-refractivity contribution in [3.63, 3.8) is 0 Å². The van der Waals surface area contributed by atoms with Crippen LogP contribution >= 0.6 is 0 Å². The predicted octanol–water partition coefficient (Wildman–Crippen LogP) is 5.64. The minimum absolute atomic E-state index is 0.0115. The first kappa shape index (κ1) is 27.3. The van der Waals surface area contributed by atoms with Crippen LogP contribution in [0.3, 0.4) is 0 Å². The molecule has 2 aliphatic rings. The maximum Gasteiger partial charge on any atom is 0.233 e. The van der Waals surface area contributed by atoms with Crippen molar-refractivity contribution in [3.8, 4) is 22.9 Å². The molecule has 2 aromatic heterocycles. The average molecular weight is 577 g/mol. The Morgan fingerprint density at radius 2 is 1.88 bits per heavy atom. The maximum atomic E-state index is 15.0. The molecule has 2 fully saturated rings. The van der Waals surface area contributed by atoms with E-state index in [0.29, 0.717) is 39.6 Å². The molecule has 41 heavy (non-hydrogen) atoms. The Morgan fingerprint density at radius 1 is 1.02 bits per heavy atom. The monoisotopic (exact) mass is 576 g/mol. The Morgan fingerprint density at radius 3 is 2.66 bits per heavy atom. The lowest BCUT2D eigenvalue weighted by atomic mass is 9.87. The summed E-state index contributed by atoms with van der Waals surface area (Å²) in [6.45, 7) is 3.75. The van der Waals surface area contributed by atoms with Gasteiger partial charge in [-0.1, -0.05) is 18.6 Å². The van der Waals surface area contributed by atoms with Crippen LogP contribution in [-0.2, 0) is 10.0 Å². The van der Waals surface area contributed by atoms with E-state index >= 15 is 4.39 Å². The van der Waals surface area contributed by atoms with Crippen LogP contribution in [0.4, 0.5) is 16.0 Å². The number of ether oxygens (including phenoxy) is 1. The van der Waals surface area contributed by atoms with Crippen LogP contribution in [-0.4, -0.2) is 48.3 Å². The highest BCUT2D eigenvalue weighted by molar-refractivity contribution is 7.92. The molecule has 1 aliphatic heterocycles. The fourth-order valence-corrected chi connectivity index (χ4v) is 6.92. The van der Waals surface area contributed by atoms with E-state index in [0.717, 1.165) is 50.8 Å². The van der Waals surface area contributed by atoms with E-state index < -0.39 is 15.8 Å². The number of aryl methyl sites for hydroxylation is 1. The third-order valence-corrected chi connectivity index (χ3v) is 9.19. The number of anilines is 2. The quantitative estimate of drug-likeness (QED) is 0.234. The van der Waals surface area contributed by atoms with Gasteiger partial charge in [-0.05, 0) is 81.0 Å². The van der Waals surface area contributed by atoms with E-state index in [-0.39, 0.29) is 23.4 Å². The molecule has 0 bridgehead atoms. The molecule has 11 heteroatoms. The second-order valence-corrected chi connectivity index (χ2v) is 12.6. The number of pyridine rings is 1. The molecule has 0 unspecified atom stereocenters. The van der Waals surface area contributed by atoms with Gasteiger partial charge in [-0.2, -0.15) is 0 Å². The molecule has 9 nitrogen and oxygen atoms in total. The summed E-state index contributed by atoms with van der Waals surface area (Å²) in [6.07, 6.45) is 8.26. The number of rotatable bonds is 9. The minimum Gasteiger partial charge on any atom is -0.437 e. The molecule has 3 heterocycles. The van der Waals surface area contributed by atoms with Crippen LogP contribution in [0, 0.1) is 18.7 Å². The van der Waals surface area contributed by atoms with Crippen LogP contribution in [0.2, 0.25) is 0 Å². The van der Waals surface area contributed by atoms with Crippen LogP contribution in [0.15, 0.2) is 54.9 Å². The Bertz CT molecular complexity index is 1670. The minimum atomic E-state index is -3.72. The van der Waals surface area contributed by atoms with E-state index in [2.05, 4.69) is 25.3 Å². The fourth-order valence-electron chi connectivity index (χ4n) is 5.37. The number of fused-ring (bicyclic) bond motifs is 1. The number of aromatic nitrogens is 3. The number of piperidine rings is 1. The maximum absolute atomic E-state index is 15.0. The summed E-state index contributed by atoms with van der Waals surface area (Å²) < 4.78 is 49.7. The lowest BCUT2D eigenvalue weighted by molar-refractivity contribution is 0.347. The molecule has 1 saturated carbocycles. The molecule has 4 aromatic rings. The summed E-state index contributed by atoms with van der Waals surface area (Å²) >= 11 is 0. The average Bonchev–Trinajstić information content (AvgIpc) is 2.95. The molecule has 1 aliphatic carbocycles. The molecule has 2 aromatic carbocycles. The first-order valence-electron chi connectivity index (χ1n) is 14.0. The van der Waals surface area contributed by atoms with Crippen LogP contribution in [0.1, 0.15) is 37.7 Å². The van der Waals surface area contributed by atoms with Gasteiger partial charge in [0.15, 0.2) is 0 Å². The highest BCUT2D eigenvalue weighted by Gasteiger charge is 2.26. The van der Waals surface area contributed by atoms with Crippen molar-refractivity contribution in [3.05, 3.63) is 66.2 Å². The van der Waals surface area contributed by atoms with Gasteiger partial charge in [0.1, 0.15) is 11.6 Å². The van der Waals surface area contributed by atoms with Crippen molar-refractivity contribution in [1.82, 2.24) is 20.3 Å². The van der Waals surface area contributed by atoms with Gasteiger partial charge >= 0.3 is 0 Å². The molecule has 214 valence electrons. The highest BCUT2D eigenvalue weighted by Crippen LogP contribution is 2.40. The van der Waals surface area contributed by atoms with Gasteiger partial charge in [0.2, 0.25) is 21.9 Å². The van der Waals surface area contributed by atoms with E-state index in [1.165, 1.54) is 6.07 Å². The number of halogens is 1. The van der Waals surface area contributed by atoms with Crippen LogP contribution in [0.5, 0.6) is 11.6 Å². The zero-order chi connectivity index (χ0) is 28.4. The van der Waals surface area contributed by atoms with Crippen molar-refractivity contribution in [2.45, 2.75) is 45.1 Å². The summed E-state index contributed by atoms with van der Waals surface area (Å²) in [6, 6.07) is 12.1. The molecule has 0 spiro atoms. The van der Waals surface area contributed by atoms with Gasteiger partial charge in [-0.3, -0.25) is 4.72 Å². The third kappa shape index (κ3) is 6.11. The van der Waals surface area contributed by atoms with Crippen LogP contribution < -0.4 is 20.1 Å². The number of hydrogen-bond donors (Lipinski definition) is 3. The van der Waals surface area contributed by atoms with E-state index in [1.807, 2.05) is 19.1 Å². The smallest absolute Gasteiger partial charge is 0.233 e. The summed E-state index contributed by atoms with van der Waals surface area (Å²) in [5.41, 5.74) is 2.03. The SMILES string of the molecule is Cc1ccc2c(NS(=O)(=O)CC3CCC3)c(F)ccc2c1Oc1ncccc1-c1ccnc(N[C@H]2CCCNC2)n1. The van der Waals surface area contributed by atoms with Gasteiger partial charge in [0, 0.05) is 35.8 Å². The van der Waals surface area contributed by atoms with Crippen molar-refractivity contribution in [2.75, 3.05) is 28.9 Å². The second-order valence-electron chi connectivity index (χ2n) is 10.8. The summed E-state index contributed by atoms with van der Waals surface area (Å²) in [4.78, 5) is 13.6. The second kappa shape index (κ2) is 11.6. The highest BCUT2D eigenvalue weighted by atomic mass is 32.2. The van der Waals surface area contributed by atoms with E-state index in [4.69, 9.17) is 9.72 Å². The van der Waals surface area contributed by atoms with Crippen molar-refractivity contribution in [2.24, 2.45) is 5.92 Å². The molecule has 3 N–H and O–H groups in total. The van der Waals surface area contributed by atoms with E-state index in [1.54, 1.807) is 36.7 Å². The Hall–Kier alpha value is -3.83. The standard InChI is InChI=1S/C30H33FN6O3S/c1-19-9-10-22-23(11-12-25(31)27(22)37-41(38,39)18-20-5-2-6-20)28(19)40-29-24(8-4-15-33-29)26-13-16-34-30(36-26)35-21-7-3-14-32-17-21/h4,8-13,15-16,20-21,32,37H,2-3,5-7,14,17-18H2,1H3,(H,34,35,36)/t21-/m0/s1. The molecular formula is C30H33FN6O3S. The van der Waals surface area contributed by atoms with Crippen molar-refractivity contribution >= 4 is 32.4 Å². The van der Waals surface area contributed by atoms with Crippen molar-refractivity contribution in [1.29, 1.82) is 0 Å². The molecule has 0 amide bonds. The lowest BCUT2D eigenvalue weighted by Crippen LogP contribution is -2.38. The van der Waals surface area contributed by atoms with Gasteiger partial charge in [0.25, 0.3) is 0 Å². The topological polar surface area (TPSA) is 118 Å². The Kier molecular flexibility index (Phi) is 7.72. The summed E-state index contributed by atoms with van der Waals surface area (Å²) in [5, 5.41) is 7.77. The lowest BCUT2D eigenvalue weighted by Gasteiger charge is -2.25. The van der Waals surface area contributed by atoms with Gasteiger partial charge in [0.05, 0.1) is 22.7 Å². The number of hydrogen-bond acceptors (Lipinski definition) is 8. The van der Waals surface area contributed by atoms with Crippen LogP contribution in [0.25, 0.3) is 22.0 Å². The fraction of sp³-hybridized carbons (Fsp3) is 0.367. The molecular weight excluding hydrogens is 543 g/mol. The zero-order valence-corrected chi connectivity index (χ0v) is 23.7. The number of nitrogens with one attached hydrogen (secondary N) is 3. The van der Waals surface area contributed by atoms with Crippen molar-refractivity contribution < 1.29 is 17.5 Å². The summed E-state index contributed by atoms with van der Waals surface area (Å²) in [7, 11) is -3.72. The van der Waals surface area contributed by atoms with Gasteiger partial charge in [-0.15, -0.1) is 0 Å². The Labute approximate surface area is 239 Å². The number of benzene rings is 2. The number of sulfonamides is 1. The zero-order valence-electron chi connectivity index (χ0n) is 22.9. The largest absolute Gasteiger partial charge is 0.437 e. The first-order chi connectivity index (χ1) is 19.9. The Balaban J connectivity index is 1.33. The first-order valence-corrected chi connectivity index (χ1v) is 15.7. The predicted molar refractivity (Wildman–Crippen MR) is 158 cm³/mol. The molecule has 1 atom stereocenters. The molecule has 0 radical (unpaired) electrons. The van der Waals surface area contributed by atoms with Gasteiger partial charge < -0.3 is 15.4 Å². The third-order valence-electron chi connectivity index (χ3n) is 7.77. The number of nitrogens with zero attached hydrogens (tertiary/aromatic N) is 3. The molecule has 1 saturated heterocycles. The molecule has 6 rings (SSSR count).